The van der Waals surface area contributed by atoms with Gasteiger partial charge in [0.15, 0.2) is 16.7 Å². The van der Waals surface area contributed by atoms with Crippen molar-refractivity contribution in [1.82, 2.24) is 4.90 Å². The maximum absolute atomic E-state index is 13.4. The zero-order chi connectivity index (χ0) is 27.7. The number of carbonyl (C=O) groups is 1. The molecule has 2 aliphatic rings. The Labute approximate surface area is 217 Å². The van der Waals surface area contributed by atoms with E-state index in [1.165, 1.54) is 31.0 Å². The van der Waals surface area contributed by atoms with Crippen molar-refractivity contribution >= 4 is 28.9 Å². The first-order chi connectivity index (χ1) is 17.9. The largest absolute Gasteiger partial charge is 0.493 e. The van der Waals surface area contributed by atoms with Crippen LogP contribution in [0.25, 0.3) is 6.08 Å². The highest BCUT2D eigenvalue weighted by Crippen LogP contribution is 2.39. The molecule has 0 saturated carbocycles. The highest BCUT2D eigenvalue weighted by molar-refractivity contribution is 8.18. The number of ether oxygens (including phenoxy) is 2. The molecule has 1 amide bonds. The first kappa shape index (κ1) is 27.8. The Morgan fingerprint density at radius 3 is 2.53 bits per heavy atom. The van der Waals surface area contributed by atoms with Gasteiger partial charge in [-0.05, 0) is 60.5 Å². The smallest absolute Gasteiger partial charge is 0.416 e. The second kappa shape index (κ2) is 10.9. The lowest BCUT2D eigenvalue weighted by Crippen LogP contribution is -2.35. The minimum atomic E-state index is -5.02. The summed E-state index contributed by atoms with van der Waals surface area (Å²) in [4.78, 5) is 18.8. The number of hydrogen-bond donors (Lipinski definition) is 1. The lowest BCUT2D eigenvalue weighted by Gasteiger charge is -2.23. The Morgan fingerprint density at radius 1 is 1.11 bits per heavy atom. The summed E-state index contributed by atoms with van der Waals surface area (Å²) in [6.07, 6.45) is -6.67. The number of amides is 1. The Morgan fingerprint density at radius 2 is 1.87 bits per heavy atom. The van der Waals surface area contributed by atoms with Gasteiger partial charge in [0.25, 0.3) is 5.91 Å². The third-order valence-electron chi connectivity index (χ3n) is 6.05. The fourth-order valence-corrected chi connectivity index (χ4v) is 5.15. The molecule has 1 N–H and O–H groups in total. The molecule has 6 nitrogen and oxygen atoms in total. The van der Waals surface area contributed by atoms with Crippen molar-refractivity contribution in [2.75, 3.05) is 20.3 Å². The van der Waals surface area contributed by atoms with Gasteiger partial charge in [0.1, 0.15) is 6.61 Å². The van der Waals surface area contributed by atoms with Crippen molar-refractivity contribution in [3.8, 4) is 11.5 Å². The van der Waals surface area contributed by atoms with E-state index < -0.39 is 41.6 Å². The lowest BCUT2D eigenvalue weighted by molar-refractivity contribution is -0.143. The van der Waals surface area contributed by atoms with Crippen molar-refractivity contribution < 1.29 is 45.7 Å². The quantitative estimate of drug-likeness (QED) is 0.359. The zero-order valence-electron chi connectivity index (χ0n) is 19.9. The van der Waals surface area contributed by atoms with Gasteiger partial charge in [-0.3, -0.25) is 4.79 Å². The van der Waals surface area contributed by atoms with Crippen molar-refractivity contribution in [2.24, 2.45) is 4.99 Å². The number of aliphatic imine (C=N–C) groups is 1. The van der Waals surface area contributed by atoms with Gasteiger partial charge >= 0.3 is 12.4 Å². The summed E-state index contributed by atoms with van der Waals surface area (Å²) in [7, 11) is 1.32. The topological polar surface area (TPSA) is 71.4 Å². The number of hydrogen-bond acceptors (Lipinski definition) is 6. The summed E-state index contributed by atoms with van der Waals surface area (Å²) in [6.45, 7) is -0.00788. The highest BCUT2D eigenvalue weighted by Gasteiger charge is 2.38. The molecule has 1 fully saturated rings. The first-order valence-electron chi connectivity index (χ1n) is 11.4. The number of rotatable bonds is 6. The van der Waals surface area contributed by atoms with Crippen LogP contribution in [0.2, 0.25) is 0 Å². The van der Waals surface area contributed by atoms with Crippen molar-refractivity contribution in [3.63, 3.8) is 0 Å². The predicted octanol–water partition coefficient (Wildman–Crippen LogP) is 5.74. The molecule has 2 heterocycles. The molecular formula is C25H22F6N2O4S. The Kier molecular flexibility index (Phi) is 7.98. The molecule has 0 spiro atoms. The maximum atomic E-state index is 13.4. The molecule has 2 aliphatic heterocycles. The van der Waals surface area contributed by atoms with E-state index in [0.29, 0.717) is 28.2 Å². The highest BCUT2D eigenvalue weighted by atomic mass is 32.2. The molecule has 0 unspecified atom stereocenters. The van der Waals surface area contributed by atoms with E-state index >= 15 is 0 Å². The van der Waals surface area contributed by atoms with E-state index in [4.69, 9.17) is 9.47 Å². The van der Waals surface area contributed by atoms with Gasteiger partial charge in [0.05, 0.1) is 35.8 Å². The fraction of sp³-hybridized carbons (Fsp3) is 0.360. The number of nitrogens with zero attached hydrogens (tertiary/aromatic N) is 2. The molecule has 13 heteroatoms. The van der Waals surface area contributed by atoms with E-state index in [-0.39, 0.29) is 30.2 Å². The number of benzene rings is 2. The summed E-state index contributed by atoms with van der Waals surface area (Å²) in [5.41, 5.74) is -2.79. The van der Waals surface area contributed by atoms with Crippen LogP contribution in [-0.2, 0) is 23.8 Å². The van der Waals surface area contributed by atoms with Crippen LogP contribution in [0.4, 0.5) is 26.3 Å². The second-order valence-electron chi connectivity index (χ2n) is 8.55. The van der Waals surface area contributed by atoms with E-state index in [9.17, 15) is 36.2 Å². The lowest BCUT2D eigenvalue weighted by atomic mass is 10.0. The van der Waals surface area contributed by atoms with Crippen molar-refractivity contribution in [1.29, 1.82) is 0 Å². The Balaban J connectivity index is 1.51. The van der Waals surface area contributed by atoms with Gasteiger partial charge in [-0.1, -0.05) is 12.1 Å². The number of aliphatic hydroxyl groups is 1. The number of likely N-dealkylation sites (tertiary alicyclic amines) is 1. The summed E-state index contributed by atoms with van der Waals surface area (Å²) in [5, 5.41) is 10.0. The fourth-order valence-electron chi connectivity index (χ4n) is 4.14. The molecule has 0 aliphatic carbocycles. The van der Waals surface area contributed by atoms with E-state index in [2.05, 4.69) is 4.99 Å². The number of carbonyl (C=O) groups excluding carboxylic acids is 1. The SMILES string of the molecule is COc1cc(C=C2SC(N3CCC[C@H]3CO)=NC2=O)ccc1OCc1ccc(C(F)(F)F)cc1C(F)(F)F. The molecule has 2 aromatic rings. The van der Waals surface area contributed by atoms with Crippen LogP contribution < -0.4 is 9.47 Å². The minimum Gasteiger partial charge on any atom is -0.493 e. The number of methoxy groups -OCH3 is 1. The molecule has 0 aromatic heterocycles. The zero-order valence-corrected chi connectivity index (χ0v) is 20.7. The van der Waals surface area contributed by atoms with Crippen LogP contribution in [0, 0.1) is 0 Å². The molecule has 0 bridgehead atoms. The second-order valence-corrected chi connectivity index (χ2v) is 9.56. The molecule has 1 saturated heterocycles. The summed E-state index contributed by atoms with van der Waals surface area (Å²) >= 11 is 1.18. The van der Waals surface area contributed by atoms with Gasteiger partial charge < -0.3 is 19.5 Å². The van der Waals surface area contributed by atoms with Gasteiger partial charge in [0.2, 0.25) is 0 Å². The van der Waals surface area contributed by atoms with Crippen LogP contribution in [0.3, 0.4) is 0 Å². The Hall–Kier alpha value is -3.19. The van der Waals surface area contributed by atoms with Gasteiger partial charge in [-0.15, -0.1) is 0 Å². The number of alkyl halides is 6. The summed E-state index contributed by atoms with van der Waals surface area (Å²) in [5.74, 6) is -0.223. The predicted molar refractivity (Wildman–Crippen MR) is 129 cm³/mol. The molecule has 204 valence electrons. The van der Waals surface area contributed by atoms with Gasteiger partial charge in [-0.2, -0.15) is 31.3 Å². The third kappa shape index (κ3) is 6.09. The normalized spacial score (nSPS) is 19.3. The standard InChI is InChI=1S/C25H22F6N2O4S/c1-36-20-9-14(10-21-22(35)32-23(38-21)33-8-2-3-17(33)12-34)4-7-19(20)37-13-15-5-6-16(24(26,27)28)11-18(15)25(29,30)31/h4-7,9-11,17,34H,2-3,8,12-13H2,1H3/t17-/m0/s1. The molecular weight excluding hydrogens is 538 g/mol. The van der Waals surface area contributed by atoms with Gasteiger partial charge in [0, 0.05) is 12.1 Å². The van der Waals surface area contributed by atoms with E-state index in [1.807, 2.05) is 4.90 Å². The number of amidine groups is 1. The van der Waals surface area contributed by atoms with Crippen molar-refractivity contribution in [2.45, 2.75) is 37.8 Å². The number of aliphatic hydroxyl groups excluding tert-OH is 1. The minimum absolute atomic E-state index is 0.0393. The third-order valence-corrected chi connectivity index (χ3v) is 7.07. The van der Waals surface area contributed by atoms with E-state index in [1.54, 1.807) is 12.1 Å². The van der Waals surface area contributed by atoms with Crippen LogP contribution in [-0.4, -0.2) is 47.4 Å². The van der Waals surface area contributed by atoms with E-state index in [0.717, 1.165) is 18.9 Å². The first-order valence-corrected chi connectivity index (χ1v) is 12.2. The maximum Gasteiger partial charge on any atom is 0.416 e. The molecule has 2 aromatic carbocycles. The number of halogens is 6. The average Bonchev–Trinajstić information content (AvgIpc) is 3.48. The van der Waals surface area contributed by atoms with Crippen LogP contribution in [0.1, 0.15) is 35.1 Å². The summed E-state index contributed by atoms with van der Waals surface area (Å²) < 4.78 is 89.8. The van der Waals surface area contributed by atoms with Crippen LogP contribution in [0.5, 0.6) is 11.5 Å². The number of thioether (sulfide) groups is 1. The Bertz CT molecular complexity index is 1280. The monoisotopic (exact) mass is 560 g/mol. The molecule has 4 rings (SSSR count). The average molecular weight is 561 g/mol. The summed E-state index contributed by atoms with van der Waals surface area (Å²) in [6, 6.07) is 5.77. The molecule has 0 radical (unpaired) electrons. The molecule has 38 heavy (non-hydrogen) atoms. The van der Waals surface area contributed by atoms with Crippen LogP contribution in [0.15, 0.2) is 46.3 Å². The van der Waals surface area contributed by atoms with Crippen molar-refractivity contribution in [3.05, 3.63) is 63.6 Å². The van der Waals surface area contributed by atoms with Crippen LogP contribution >= 0.6 is 11.8 Å². The van der Waals surface area contributed by atoms with Gasteiger partial charge in [-0.25, -0.2) is 0 Å². The molecule has 1 atom stereocenters.